The third-order valence-corrected chi connectivity index (χ3v) is 9.10. The largest absolute Gasteiger partial charge is 0.416 e. The topological polar surface area (TPSA) is 116 Å². The zero-order valence-electron chi connectivity index (χ0n) is 29.7. The highest BCUT2D eigenvalue weighted by Crippen LogP contribution is 2.31. The fourth-order valence-corrected chi connectivity index (χ4v) is 6.26. The molecule has 0 radical (unpaired) electrons. The van der Waals surface area contributed by atoms with E-state index < -0.39 is 11.7 Å². The van der Waals surface area contributed by atoms with E-state index in [9.17, 15) is 22.8 Å². The van der Waals surface area contributed by atoms with Gasteiger partial charge in [-0.05, 0) is 68.3 Å². The number of nitrogens with zero attached hydrogens (tertiary/aromatic N) is 7. The van der Waals surface area contributed by atoms with Crippen LogP contribution in [0.4, 0.5) is 13.2 Å². The normalized spacial score (nSPS) is 11.2. The number of alkyl halides is 3. The van der Waals surface area contributed by atoms with Crippen molar-refractivity contribution in [1.29, 1.82) is 0 Å². The molecular weight excluding hydrogens is 690 g/mol. The number of aromatic nitrogens is 8. The second kappa shape index (κ2) is 16.1. The summed E-state index contributed by atoms with van der Waals surface area (Å²) in [5, 5.41) is 1.90. The molecule has 8 rings (SSSR count). The second-order valence-electron chi connectivity index (χ2n) is 11.9. The van der Waals surface area contributed by atoms with Gasteiger partial charge >= 0.3 is 11.9 Å². The minimum Gasteiger partial charge on any atom is -0.342 e. The first-order chi connectivity index (χ1) is 24.8. The molecule has 0 bridgehead atoms. The van der Waals surface area contributed by atoms with Crippen LogP contribution >= 0.6 is 11.3 Å². The first-order valence-corrected chi connectivity index (χ1v) is 17.4. The van der Waals surface area contributed by atoms with Crippen molar-refractivity contribution in [3.8, 4) is 0 Å². The van der Waals surface area contributed by atoms with Crippen LogP contribution in [0.5, 0.6) is 0 Å². The lowest BCUT2D eigenvalue weighted by Crippen LogP contribution is -2.37. The number of pyridine rings is 1. The molecule has 0 aliphatic carbocycles. The van der Waals surface area contributed by atoms with E-state index in [2.05, 4.69) is 37.9 Å². The molecule has 8 aromatic rings. The number of hydrogen-bond donors (Lipinski definition) is 1. The number of aromatic amines is 1. The van der Waals surface area contributed by atoms with E-state index in [4.69, 9.17) is 0 Å². The molecule has 0 saturated heterocycles. The molecule has 0 spiro atoms. The standard InChI is InChI=1S/C11H8F3N.C10H14N4O2.C9H10N2.C8H7NS/c1-7-4-5-15-10-6-8(11(12,13)14)2-3-9(7)10;1-4-5-14-6-11-8-7(14)9(15)13(3)10(16)12(8)2;1-2-9-10-7-5-3-4-6-8(7)11-9;1-6-9-7-4-2-3-5-8(7)10-6/h2-6H,1H3;6H,4-5H2,1-3H3;3-6H,2H2,1H3,(H,10,11);2-5H,1H3. The molecule has 0 aliphatic heterocycles. The molecule has 270 valence electrons. The minimum atomic E-state index is -4.31. The number of nitrogens with one attached hydrogen (secondary N) is 1. The van der Waals surface area contributed by atoms with Crippen molar-refractivity contribution in [2.75, 3.05) is 0 Å². The van der Waals surface area contributed by atoms with Gasteiger partial charge in [-0.1, -0.05) is 44.2 Å². The predicted octanol–water partition coefficient (Wildman–Crippen LogP) is 8.14. The Morgan fingerprint density at radius 2 is 1.54 bits per heavy atom. The summed E-state index contributed by atoms with van der Waals surface area (Å²) in [4.78, 5) is 43.6. The highest BCUT2D eigenvalue weighted by Gasteiger charge is 2.30. The van der Waals surface area contributed by atoms with E-state index in [0.717, 1.165) is 74.4 Å². The molecule has 1 N–H and O–H groups in total. The van der Waals surface area contributed by atoms with E-state index in [0.29, 0.717) is 16.7 Å². The number of imidazole rings is 2. The zero-order chi connectivity index (χ0) is 37.6. The summed E-state index contributed by atoms with van der Waals surface area (Å²) in [6, 6.07) is 21.7. The van der Waals surface area contributed by atoms with Gasteiger partial charge in [0.05, 0.1) is 43.7 Å². The molecular formula is C38H39F3N8O2S. The van der Waals surface area contributed by atoms with Crippen molar-refractivity contribution in [3.63, 3.8) is 0 Å². The van der Waals surface area contributed by atoms with Gasteiger partial charge in [0.15, 0.2) is 11.2 Å². The van der Waals surface area contributed by atoms with Crippen molar-refractivity contribution < 1.29 is 13.2 Å². The predicted molar refractivity (Wildman–Crippen MR) is 202 cm³/mol. The smallest absolute Gasteiger partial charge is 0.342 e. The third kappa shape index (κ3) is 8.45. The number of aryl methyl sites for hydroxylation is 5. The van der Waals surface area contributed by atoms with Crippen molar-refractivity contribution in [2.45, 2.75) is 53.3 Å². The molecule has 0 unspecified atom stereocenters. The molecule has 0 amide bonds. The Morgan fingerprint density at radius 1 is 0.827 bits per heavy atom. The summed E-state index contributed by atoms with van der Waals surface area (Å²) in [6.45, 7) is 8.72. The summed E-state index contributed by atoms with van der Waals surface area (Å²) >= 11 is 1.74. The highest BCUT2D eigenvalue weighted by molar-refractivity contribution is 7.18. The fourth-order valence-electron chi connectivity index (χ4n) is 5.44. The average molecular weight is 729 g/mol. The van der Waals surface area contributed by atoms with Gasteiger partial charge in [-0.25, -0.2) is 19.7 Å². The number of benzene rings is 3. The number of halogens is 3. The Bertz CT molecular complexity index is 2510. The van der Waals surface area contributed by atoms with Crippen molar-refractivity contribution >= 4 is 54.7 Å². The van der Waals surface area contributed by atoms with E-state index >= 15 is 0 Å². The third-order valence-electron chi connectivity index (χ3n) is 8.14. The van der Waals surface area contributed by atoms with Crippen LogP contribution in [0.25, 0.3) is 43.3 Å². The zero-order valence-corrected chi connectivity index (χ0v) is 30.5. The maximum atomic E-state index is 12.4. The van der Waals surface area contributed by atoms with Gasteiger partial charge in [0.25, 0.3) is 5.56 Å². The summed E-state index contributed by atoms with van der Waals surface area (Å²) in [7, 11) is 3.10. The molecule has 0 saturated carbocycles. The number of fused-ring (bicyclic) bond motifs is 4. The van der Waals surface area contributed by atoms with Gasteiger partial charge in [-0.15, -0.1) is 11.3 Å². The number of thiazole rings is 1. The SMILES string of the molecule is CCCn1cnc2c1c(=O)n(C)c(=O)n2C.CCc1nc2ccccc2[nH]1.Cc1ccnc2cc(C(F)(F)F)ccc12.Cc1nc2ccccc2s1. The summed E-state index contributed by atoms with van der Waals surface area (Å²) in [5.74, 6) is 1.06. The summed E-state index contributed by atoms with van der Waals surface area (Å²) < 4.78 is 42.7. The van der Waals surface area contributed by atoms with E-state index in [-0.39, 0.29) is 11.2 Å². The lowest BCUT2D eigenvalue weighted by molar-refractivity contribution is -0.137. The number of para-hydroxylation sites is 3. The first kappa shape index (κ1) is 37.6. The van der Waals surface area contributed by atoms with Crippen LogP contribution in [0.1, 0.15) is 42.2 Å². The first-order valence-electron chi connectivity index (χ1n) is 16.6. The maximum Gasteiger partial charge on any atom is 0.416 e. The van der Waals surface area contributed by atoms with Crippen LogP contribution < -0.4 is 11.2 Å². The Morgan fingerprint density at radius 3 is 2.21 bits per heavy atom. The molecule has 5 aromatic heterocycles. The fraction of sp³-hybridized carbons (Fsp3) is 0.263. The van der Waals surface area contributed by atoms with Crippen LogP contribution in [0.3, 0.4) is 0 Å². The van der Waals surface area contributed by atoms with Crippen molar-refractivity contribution in [3.05, 3.63) is 128 Å². The monoisotopic (exact) mass is 728 g/mol. The molecule has 5 heterocycles. The molecule has 0 fully saturated rings. The Balaban J connectivity index is 0.000000136. The van der Waals surface area contributed by atoms with Crippen LogP contribution in [-0.2, 0) is 33.2 Å². The number of hydrogen-bond acceptors (Lipinski definition) is 7. The average Bonchev–Trinajstić information content (AvgIpc) is 3.86. The second-order valence-corrected chi connectivity index (χ2v) is 13.2. The van der Waals surface area contributed by atoms with E-state index in [1.807, 2.05) is 63.2 Å². The van der Waals surface area contributed by atoms with Crippen LogP contribution in [0.2, 0.25) is 0 Å². The molecule has 3 aromatic carbocycles. The minimum absolute atomic E-state index is 0.288. The molecule has 14 heteroatoms. The lowest BCUT2D eigenvalue weighted by atomic mass is 10.1. The van der Waals surface area contributed by atoms with E-state index in [1.165, 1.54) is 28.6 Å². The molecule has 10 nitrogen and oxygen atoms in total. The molecule has 0 atom stereocenters. The van der Waals surface area contributed by atoms with Gasteiger partial charge in [0, 0.05) is 38.6 Å². The molecule has 52 heavy (non-hydrogen) atoms. The Labute approximate surface area is 301 Å². The van der Waals surface area contributed by atoms with E-state index in [1.54, 1.807) is 35.3 Å². The van der Waals surface area contributed by atoms with Gasteiger partial charge in [0.2, 0.25) is 0 Å². The summed E-state index contributed by atoms with van der Waals surface area (Å²) in [5.41, 5.74) is 4.25. The quantitative estimate of drug-likeness (QED) is 0.196. The van der Waals surface area contributed by atoms with Crippen LogP contribution in [0.15, 0.2) is 94.9 Å². The van der Waals surface area contributed by atoms with Crippen molar-refractivity contribution in [2.24, 2.45) is 14.1 Å². The van der Waals surface area contributed by atoms with Gasteiger partial charge in [0.1, 0.15) is 5.82 Å². The van der Waals surface area contributed by atoms with Crippen LogP contribution in [0, 0.1) is 13.8 Å². The maximum absolute atomic E-state index is 12.4. The lowest BCUT2D eigenvalue weighted by Gasteiger charge is -2.07. The van der Waals surface area contributed by atoms with Gasteiger partial charge < -0.3 is 9.55 Å². The van der Waals surface area contributed by atoms with Crippen LogP contribution in [-0.4, -0.2) is 38.6 Å². The molecule has 0 aliphatic rings. The number of H-pyrrole nitrogens is 1. The Hall–Kier alpha value is -5.63. The van der Waals surface area contributed by atoms with Crippen molar-refractivity contribution in [1.82, 2.24) is 38.6 Å². The summed E-state index contributed by atoms with van der Waals surface area (Å²) in [6.07, 6.45) is 0.693. The Kier molecular flexibility index (Phi) is 11.7. The van der Waals surface area contributed by atoms with Gasteiger partial charge in [-0.2, -0.15) is 13.2 Å². The highest BCUT2D eigenvalue weighted by atomic mass is 32.1. The van der Waals surface area contributed by atoms with Gasteiger partial charge in [-0.3, -0.25) is 18.9 Å². The number of rotatable bonds is 3.